The van der Waals surface area contributed by atoms with Gasteiger partial charge in [0.1, 0.15) is 0 Å². The molecule has 0 aliphatic rings. The zero-order valence-electron chi connectivity index (χ0n) is 8.32. The second-order valence-corrected chi connectivity index (χ2v) is 8.37. The molecule has 0 radical (unpaired) electrons. The van der Waals surface area contributed by atoms with E-state index >= 15 is 0 Å². The van der Waals surface area contributed by atoms with E-state index in [1.54, 1.807) is 0 Å². The number of alkyl halides is 3. The molecule has 0 aromatic rings. The Morgan fingerprint density at radius 1 is 0.923 bits per heavy atom. The fraction of sp³-hybridized carbons (Fsp3) is 1.00. The Morgan fingerprint density at radius 3 is 1.54 bits per heavy atom. The molecule has 0 aromatic carbocycles. The van der Waals surface area contributed by atoms with Crippen LogP contribution in [0.5, 0.6) is 0 Å². The van der Waals surface area contributed by atoms with Crippen molar-refractivity contribution in [2.24, 2.45) is 0 Å². The summed E-state index contributed by atoms with van der Waals surface area (Å²) in [4.78, 5) is 0. The average molecular weight is 263 g/mol. The van der Waals surface area contributed by atoms with Gasteiger partial charge in [-0.3, -0.25) is 0 Å². The molecule has 0 heterocycles. The Hall–Kier alpha value is 0.309. The van der Waals surface area contributed by atoms with Crippen LogP contribution in [-0.4, -0.2) is 19.0 Å². The Labute approximate surface area is 82.8 Å². The first kappa shape index (κ1) is 13.3. The van der Waals surface area contributed by atoms with Crippen molar-refractivity contribution in [2.75, 3.05) is 0 Å². The van der Waals surface area contributed by atoms with E-state index in [0.717, 1.165) is 25.7 Å². The summed E-state index contributed by atoms with van der Waals surface area (Å²) in [6.45, 7) is 3.89. The van der Waals surface area contributed by atoms with Crippen LogP contribution in [0.25, 0.3) is 0 Å². The second kappa shape index (κ2) is 6.72. The van der Waals surface area contributed by atoms with E-state index in [9.17, 15) is 13.2 Å². The molecule has 13 heavy (non-hydrogen) atoms. The van der Waals surface area contributed by atoms with E-state index in [2.05, 4.69) is 0 Å². The quantitative estimate of drug-likeness (QED) is 0.637. The third kappa shape index (κ3) is 6.39. The van der Waals surface area contributed by atoms with Gasteiger partial charge in [-0.15, -0.1) is 0 Å². The summed E-state index contributed by atoms with van der Waals surface area (Å²) in [6, 6.07) is 0. The van der Waals surface area contributed by atoms with Crippen molar-refractivity contribution in [3.8, 4) is 0 Å². The predicted octanol–water partition coefficient (Wildman–Crippen LogP) is 3.92. The third-order valence-electron chi connectivity index (χ3n) is 1.92. The van der Waals surface area contributed by atoms with Gasteiger partial charge in [-0.1, -0.05) is 0 Å². The molecule has 82 valence electrons. The van der Waals surface area contributed by atoms with E-state index in [-0.39, 0.29) is 0 Å². The van der Waals surface area contributed by atoms with Gasteiger partial charge in [-0.05, 0) is 0 Å². The van der Waals surface area contributed by atoms with Crippen LogP contribution in [0.15, 0.2) is 0 Å². The minimum atomic E-state index is -3.84. The number of hydrogen-bond donors (Lipinski definition) is 0. The SMILES string of the molecule is CCCC[SeH](CCCC)C(F)(F)F. The molecule has 0 rings (SSSR count). The molecule has 0 saturated carbocycles. The molecule has 0 saturated heterocycles. The number of hydrogen-bond acceptors (Lipinski definition) is 0. The first-order chi connectivity index (χ1) is 6.02. The van der Waals surface area contributed by atoms with Gasteiger partial charge in [0.2, 0.25) is 0 Å². The molecule has 0 fully saturated rings. The van der Waals surface area contributed by atoms with Crippen LogP contribution in [0, 0.1) is 0 Å². The topological polar surface area (TPSA) is 0 Å². The van der Waals surface area contributed by atoms with E-state index in [0.29, 0.717) is 10.6 Å². The maximum atomic E-state index is 12.4. The first-order valence-corrected chi connectivity index (χ1v) is 8.43. The molecule has 0 aromatic heterocycles. The molecule has 0 unspecified atom stereocenters. The van der Waals surface area contributed by atoms with Gasteiger partial charge in [0, 0.05) is 0 Å². The van der Waals surface area contributed by atoms with Crippen LogP contribution in [0.2, 0.25) is 10.6 Å². The Balaban J connectivity index is 3.88. The van der Waals surface area contributed by atoms with Crippen LogP contribution in [0.1, 0.15) is 39.5 Å². The molecule has 0 spiro atoms. The zero-order chi connectivity index (χ0) is 10.3. The van der Waals surface area contributed by atoms with E-state index in [1.165, 1.54) is 0 Å². The fourth-order valence-corrected chi connectivity index (χ4v) is 5.53. The van der Waals surface area contributed by atoms with Gasteiger partial charge in [-0.25, -0.2) is 0 Å². The summed E-state index contributed by atoms with van der Waals surface area (Å²) in [5.41, 5.74) is 0. The van der Waals surface area contributed by atoms with Crippen molar-refractivity contribution in [1.29, 1.82) is 0 Å². The average Bonchev–Trinajstić information content (AvgIpc) is 2.02. The van der Waals surface area contributed by atoms with Gasteiger partial charge in [0.05, 0.1) is 0 Å². The molecule has 0 nitrogen and oxygen atoms in total. The van der Waals surface area contributed by atoms with Crippen LogP contribution < -0.4 is 0 Å². The number of rotatable bonds is 6. The molecule has 0 N–H and O–H groups in total. The summed E-state index contributed by atoms with van der Waals surface area (Å²) >= 11 is -2.53. The van der Waals surface area contributed by atoms with E-state index < -0.39 is 19.0 Å². The van der Waals surface area contributed by atoms with Crippen LogP contribution >= 0.6 is 0 Å². The summed E-state index contributed by atoms with van der Waals surface area (Å²) in [6.07, 6.45) is 3.27. The molecule has 0 aliphatic carbocycles. The van der Waals surface area contributed by atoms with Gasteiger partial charge < -0.3 is 0 Å². The monoisotopic (exact) mass is 264 g/mol. The van der Waals surface area contributed by atoms with Crippen LogP contribution in [0.4, 0.5) is 13.2 Å². The molecule has 0 atom stereocenters. The first-order valence-electron chi connectivity index (χ1n) is 4.84. The van der Waals surface area contributed by atoms with Crippen molar-refractivity contribution in [2.45, 2.75) is 55.2 Å². The molecular formula is C9H19F3Se. The van der Waals surface area contributed by atoms with Crippen molar-refractivity contribution in [3.05, 3.63) is 0 Å². The summed E-state index contributed by atoms with van der Waals surface area (Å²) < 4.78 is 37.3. The molecule has 4 heteroatoms. The van der Waals surface area contributed by atoms with Gasteiger partial charge >= 0.3 is 82.3 Å². The van der Waals surface area contributed by atoms with Crippen molar-refractivity contribution < 1.29 is 13.2 Å². The third-order valence-corrected chi connectivity index (χ3v) is 7.02. The van der Waals surface area contributed by atoms with Crippen LogP contribution in [-0.2, 0) is 0 Å². The van der Waals surface area contributed by atoms with E-state index in [4.69, 9.17) is 0 Å². The van der Waals surface area contributed by atoms with Crippen molar-refractivity contribution in [1.82, 2.24) is 0 Å². The Bertz CT molecular complexity index is 115. The molecule has 0 bridgehead atoms. The summed E-state index contributed by atoms with van der Waals surface area (Å²) in [7, 11) is 0. The Kier molecular flexibility index (Phi) is 6.88. The number of halogens is 3. The van der Waals surface area contributed by atoms with Crippen molar-refractivity contribution >= 4 is 13.9 Å². The summed E-state index contributed by atoms with van der Waals surface area (Å²) in [5.74, 6) is 0. The Morgan fingerprint density at radius 2 is 1.31 bits per heavy atom. The molecule has 0 amide bonds. The minimum absolute atomic E-state index is 0.451. The van der Waals surface area contributed by atoms with Crippen LogP contribution in [0.3, 0.4) is 0 Å². The summed E-state index contributed by atoms with van der Waals surface area (Å²) in [5, 5.41) is -2.93. The van der Waals surface area contributed by atoms with Crippen molar-refractivity contribution in [3.63, 3.8) is 0 Å². The van der Waals surface area contributed by atoms with Gasteiger partial charge in [0.15, 0.2) is 0 Å². The van der Waals surface area contributed by atoms with E-state index in [1.807, 2.05) is 13.8 Å². The second-order valence-electron chi connectivity index (χ2n) is 3.16. The van der Waals surface area contributed by atoms with Gasteiger partial charge in [-0.2, -0.15) is 0 Å². The van der Waals surface area contributed by atoms with Gasteiger partial charge in [0.25, 0.3) is 0 Å². The fourth-order valence-electron chi connectivity index (χ4n) is 1.06. The molecule has 0 aliphatic heterocycles. The number of unbranched alkanes of at least 4 members (excludes halogenated alkanes) is 2. The maximum absolute atomic E-state index is 12.4. The zero-order valence-corrected chi connectivity index (χ0v) is 10.2. The standard InChI is InChI=1S/C9H19F3Se/c1-3-5-7-13(8-6-4-2)9(10,11)12/h13H,3-8H2,1-2H3. The predicted molar refractivity (Wildman–Crippen MR) is 52.6 cm³/mol. The normalized spacial score (nSPS) is 13.2. The molecular weight excluding hydrogens is 244 g/mol.